The van der Waals surface area contributed by atoms with Gasteiger partial charge in [-0.1, -0.05) is 35.9 Å². The second-order valence-electron chi connectivity index (χ2n) is 6.83. The van der Waals surface area contributed by atoms with Crippen LogP contribution < -0.4 is 10.6 Å². The third kappa shape index (κ3) is 4.67. The van der Waals surface area contributed by atoms with Crippen molar-refractivity contribution >= 4 is 23.2 Å². The van der Waals surface area contributed by atoms with Crippen molar-refractivity contribution in [3.8, 4) is 11.1 Å². The fraction of sp³-hybridized carbons (Fsp3) is 0.0417. The van der Waals surface area contributed by atoms with E-state index in [1.54, 1.807) is 30.6 Å². The average molecular weight is 398 g/mol. The molecule has 1 aromatic heterocycles. The van der Waals surface area contributed by atoms with Crippen LogP contribution in [-0.2, 0) is 0 Å². The molecule has 0 saturated heterocycles. The van der Waals surface area contributed by atoms with Crippen LogP contribution in [0.5, 0.6) is 0 Å². The van der Waals surface area contributed by atoms with E-state index in [1.165, 1.54) is 29.8 Å². The van der Waals surface area contributed by atoms with E-state index in [-0.39, 0.29) is 11.7 Å². The van der Waals surface area contributed by atoms with Crippen molar-refractivity contribution in [1.82, 2.24) is 9.97 Å². The van der Waals surface area contributed by atoms with Crippen molar-refractivity contribution < 1.29 is 9.18 Å². The lowest BCUT2D eigenvalue weighted by Crippen LogP contribution is -2.12. The van der Waals surface area contributed by atoms with E-state index in [0.717, 1.165) is 11.1 Å². The zero-order valence-electron chi connectivity index (χ0n) is 16.3. The molecule has 0 spiro atoms. The first-order valence-electron chi connectivity index (χ1n) is 9.40. The predicted octanol–water partition coefficient (Wildman–Crippen LogP) is 5.59. The predicted molar refractivity (Wildman–Crippen MR) is 116 cm³/mol. The number of hydrogen-bond donors (Lipinski definition) is 2. The summed E-state index contributed by atoms with van der Waals surface area (Å²) >= 11 is 0. The van der Waals surface area contributed by atoms with Gasteiger partial charge >= 0.3 is 0 Å². The highest BCUT2D eigenvalue weighted by molar-refractivity contribution is 6.04. The number of amides is 1. The van der Waals surface area contributed by atoms with Crippen LogP contribution in [0.3, 0.4) is 0 Å². The van der Waals surface area contributed by atoms with E-state index in [1.807, 2.05) is 37.3 Å². The summed E-state index contributed by atoms with van der Waals surface area (Å²) in [5.41, 5.74) is 4.83. The van der Waals surface area contributed by atoms with E-state index in [4.69, 9.17) is 0 Å². The standard InChI is InChI=1S/C24H19FN4O/c1-16-5-7-17(8-6-16)19-14-26-24(27-15-19)29-22-4-2-3-18(13-22)23(30)28-21-11-9-20(25)10-12-21/h2-15H,1H3,(H,28,30)(H,26,27,29). The molecule has 0 bridgehead atoms. The molecule has 0 radical (unpaired) electrons. The first-order valence-corrected chi connectivity index (χ1v) is 9.40. The first-order chi connectivity index (χ1) is 14.6. The van der Waals surface area contributed by atoms with E-state index < -0.39 is 0 Å². The number of aromatic nitrogens is 2. The van der Waals surface area contributed by atoms with Crippen LogP contribution in [0.15, 0.2) is 85.2 Å². The number of carbonyl (C=O) groups excluding carboxylic acids is 1. The van der Waals surface area contributed by atoms with Crippen molar-refractivity contribution in [2.24, 2.45) is 0 Å². The molecule has 4 rings (SSSR count). The van der Waals surface area contributed by atoms with E-state index in [9.17, 15) is 9.18 Å². The number of benzene rings is 3. The lowest BCUT2D eigenvalue weighted by atomic mass is 10.1. The number of halogens is 1. The Morgan fingerprint density at radius 1 is 0.833 bits per heavy atom. The minimum Gasteiger partial charge on any atom is -0.324 e. The number of aryl methyl sites for hydroxylation is 1. The highest BCUT2D eigenvalue weighted by Gasteiger charge is 2.08. The highest BCUT2D eigenvalue weighted by atomic mass is 19.1. The Kier molecular flexibility index (Phi) is 5.48. The third-order valence-corrected chi connectivity index (χ3v) is 4.52. The lowest BCUT2D eigenvalue weighted by molar-refractivity contribution is 0.102. The summed E-state index contributed by atoms with van der Waals surface area (Å²) in [6.45, 7) is 2.04. The van der Waals surface area contributed by atoms with Gasteiger partial charge in [-0.3, -0.25) is 4.79 Å². The molecule has 0 fully saturated rings. The van der Waals surface area contributed by atoms with Gasteiger partial charge < -0.3 is 10.6 Å². The second-order valence-corrected chi connectivity index (χ2v) is 6.83. The SMILES string of the molecule is Cc1ccc(-c2cnc(Nc3cccc(C(=O)Nc4ccc(F)cc4)c3)nc2)cc1. The fourth-order valence-electron chi connectivity index (χ4n) is 2.89. The topological polar surface area (TPSA) is 66.9 Å². The molecule has 0 unspecified atom stereocenters. The van der Waals surface area contributed by atoms with Gasteiger partial charge in [0.05, 0.1) is 0 Å². The number of carbonyl (C=O) groups is 1. The summed E-state index contributed by atoms with van der Waals surface area (Å²) in [5, 5.41) is 5.85. The molecular weight excluding hydrogens is 379 g/mol. The van der Waals surface area contributed by atoms with E-state index in [2.05, 4.69) is 20.6 Å². The van der Waals surface area contributed by atoms with Gasteiger partial charge in [0.25, 0.3) is 5.91 Å². The van der Waals surface area contributed by atoms with Gasteiger partial charge in [0, 0.05) is 34.9 Å². The maximum absolute atomic E-state index is 13.0. The van der Waals surface area contributed by atoms with Crippen molar-refractivity contribution in [3.63, 3.8) is 0 Å². The maximum Gasteiger partial charge on any atom is 0.255 e. The quantitative estimate of drug-likeness (QED) is 0.460. The number of anilines is 3. The molecule has 6 heteroatoms. The Morgan fingerprint density at radius 3 is 2.23 bits per heavy atom. The van der Waals surface area contributed by atoms with Crippen LogP contribution >= 0.6 is 0 Å². The van der Waals surface area contributed by atoms with Gasteiger partial charge in [-0.2, -0.15) is 0 Å². The number of nitrogens with one attached hydrogen (secondary N) is 2. The summed E-state index contributed by atoms with van der Waals surface area (Å²) in [4.78, 5) is 21.2. The molecule has 2 N–H and O–H groups in total. The molecule has 4 aromatic rings. The van der Waals surface area contributed by atoms with Crippen LogP contribution in [-0.4, -0.2) is 15.9 Å². The third-order valence-electron chi connectivity index (χ3n) is 4.52. The Balaban J connectivity index is 1.45. The summed E-state index contributed by atoms with van der Waals surface area (Å²) in [6, 6.07) is 20.8. The molecule has 3 aromatic carbocycles. The molecule has 30 heavy (non-hydrogen) atoms. The summed E-state index contributed by atoms with van der Waals surface area (Å²) in [6.07, 6.45) is 3.51. The minimum absolute atomic E-state index is 0.291. The highest BCUT2D eigenvalue weighted by Crippen LogP contribution is 2.20. The van der Waals surface area contributed by atoms with Crippen LogP contribution in [0.4, 0.5) is 21.7 Å². The zero-order chi connectivity index (χ0) is 20.9. The molecule has 1 heterocycles. The summed E-state index contributed by atoms with van der Waals surface area (Å²) in [7, 11) is 0. The Labute approximate surface area is 173 Å². The van der Waals surface area contributed by atoms with Gasteiger partial charge in [0.2, 0.25) is 5.95 Å². The molecule has 0 atom stereocenters. The van der Waals surface area contributed by atoms with Crippen LogP contribution in [0.2, 0.25) is 0 Å². The van der Waals surface area contributed by atoms with Gasteiger partial charge in [-0.05, 0) is 55.0 Å². The van der Waals surface area contributed by atoms with Gasteiger partial charge in [0.15, 0.2) is 0 Å². The van der Waals surface area contributed by atoms with Crippen LogP contribution in [0.1, 0.15) is 15.9 Å². The number of hydrogen-bond acceptors (Lipinski definition) is 4. The fourth-order valence-corrected chi connectivity index (χ4v) is 2.89. The lowest BCUT2D eigenvalue weighted by Gasteiger charge is -2.09. The molecule has 148 valence electrons. The molecule has 0 aliphatic rings. The number of rotatable bonds is 5. The van der Waals surface area contributed by atoms with Gasteiger partial charge in [-0.15, -0.1) is 0 Å². The van der Waals surface area contributed by atoms with Crippen molar-refractivity contribution in [2.45, 2.75) is 6.92 Å². The average Bonchev–Trinajstić information content (AvgIpc) is 2.77. The molecule has 5 nitrogen and oxygen atoms in total. The monoisotopic (exact) mass is 398 g/mol. The normalized spacial score (nSPS) is 10.5. The second kappa shape index (κ2) is 8.53. The van der Waals surface area contributed by atoms with Crippen LogP contribution in [0.25, 0.3) is 11.1 Å². The van der Waals surface area contributed by atoms with Gasteiger partial charge in [-0.25, -0.2) is 14.4 Å². The van der Waals surface area contributed by atoms with E-state index >= 15 is 0 Å². The Hall–Kier alpha value is -4.06. The smallest absolute Gasteiger partial charge is 0.255 e. The summed E-state index contributed by atoms with van der Waals surface area (Å²) < 4.78 is 13.0. The van der Waals surface area contributed by atoms with Crippen LogP contribution in [0, 0.1) is 12.7 Å². The minimum atomic E-state index is -0.354. The molecule has 0 aliphatic carbocycles. The Bertz CT molecular complexity index is 1160. The molecule has 0 saturated carbocycles. The first kappa shape index (κ1) is 19.3. The maximum atomic E-state index is 13.0. The Morgan fingerprint density at radius 2 is 1.53 bits per heavy atom. The molecule has 0 aliphatic heterocycles. The molecule has 1 amide bonds. The largest absolute Gasteiger partial charge is 0.324 e. The zero-order valence-corrected chi connectivity index (χ0v) is 16.3. The van der Waals surface area contributed by atoms with Crippen molar-refractivity contribution in [3.05, 3.63) is 102 Å². The van der Waals surface area contributed by atoms with Crippen molar-refractivity contribution in [2.75, 3.05) is 10.6 Å². The van der Waals surface area contributed by atoms with E-state index in [0.29, 0.717) is 22.9 Å². The molecular formula is C24H19FN4O. The van der Waals surface area contributed by atoms with Crippen molar-refractivity contribution in [1.29, 1.82) is 0 Å². The summed E-state index contributed by atoms with van der Waals surface area (Å²) in [5.74, 6) is -0.213. The van der Waals surface area contributed by atoms with Gasteiger partial charge in [0.1, 0.15) is 5.82 Å². The number of nitrogens with zero attached hydrogens (tertiary/aromatic N) is 2.